The molecule has 1 aliphatic carbocycles. The van der Waals surface area contributed by atoms with E-state index in [1.165, 1.54) is 0 Å². The summed E-state index contributed by atoms with van der Waals surface area (Å²) in [7, 11) is -4.26. The number of rotatable bonds is 3. The van der Waals surface area contributed by atoms with Gasteiger partial charge in [-0.25, -0.2) is 4.57 Å². The molecule has 4 nitrogen and oxygen atoms in total. The molecule has 0 radical (unpaired) electrons. The molecule has 0 saturated carbocycles. The highest BCUT2D eigenvalue weighted by Crippen LogP contribution is 2.36. The third-order valence-electron chi connectivity index (χ3n) is 0.758. The third-order valence-corrected chi connectivity index (χ3v) is 1.24. The maximum absolute atomic E-state index is 9.98. The Morgan fingerprint density at radius 1 is 1.56 bits per heavy atom. The molecule has 0 fully saturated rings. The van der Waals surface area contributed by atoms with E-state index in [1.54, 1.807) is 0 Å². The van der Waals surface area contributed by atoms with Crippen molar-refractivity contribution >= 4 is 7.82 Å². The fraction of sp³-hybridized carbons (Fsp3) is 0.500. The van der Waals surface area contributed by atoms with Crippen molar-refractivity contribution in [2.45, 2.75) is 0 Å². The predicted molar refractivity (Wildman–Crippen MR) is 29.3 cm³/mol. The first-order chi connectivity index (χ1) is 4.08. The first kappa shape index (κ1) is 6.79. The normalized spacial score (nSPS) is 16.7. The van der Waals surface area contributed by atoms with Gasteiger partial charge in [-0.2, -0.15) is 0 Å². The van der Waals surface area contributed by atoms with E-state index in [1.807, 2.05) is 0 Å². The fourth-order valence-corrected chi connectivity index (χ4v) is 0.657. The minimum absolute atomic E-state index is 0.00965. The Balaban J connectivity index is 2.11. The minimum atomic E-state index is -4.26. The van der Waals surface area contributed by atoms with Gasteiger partial charge in [0, 0.05) is 0 Å². The summed E-state index contributed by atoms with van der Waals surface area (Å²) in [5.74, 6) is 5.08. The van der Waals surface area contributed by atoms with Gasteiger partial charge in [-0.15, -0.1) is 0 Å². The number of phosphoric ester groups is 1. The molecule has 0 aliphatic heterocycles. The zero-order valence-electron chi connectivity index (χ0n) is 4.44. The molecule has 0 unspecified atom stereocenters. The van der Waals surface area contributed by atoms with Crippen molar-refractivity contribution in [1.29, 1.82) is 0 Å². The zero-order valence-corrected chi connectivity index (χ0v) is 5.34. The molecule has 0 heterocycles. The van der Waals surface area contributed by atoms with E-state index in [0.717, 1.165) is 0 Å². The molecule has 0 aromatic heterocycles. The summed E-state index contributed by atoms with van der Waals surface area (Å²) in [5.41, 5.74) is 0. The van der Waals surface area contributed by atoms with Crippen molar-refractivity contribution in [1.82, 2.24) is 0 Å². The van der Waals surface area contributed by atoms with Gasteiger partial charge in [0.1, 0.15) is 5.92 Å². The van der Waals surface area contributed by atoms with Crippen LogP contribution in [0.2, 0.25) is 0 Å². The van der Waals surface area contributed by atoms with E-state index in [2.05, 4.69) is 16.4 Å². The van der Waals surface area contributed by atoms with E-state index in [4.69, 9.17) is 9.79 Å². The summed E-state index contributed by atoms with van der Waals surface area (Å²) in [6, 6.07) is 0. The summed E-state index contributed by atoms with van der Waals surface area (Å²) >= 11 is 0. The number of hydrogen-bond donors (Lipinski definition) is 2. The average Bonchev–Trinajstić information content (AvgIpc) is 2.38. The Kier molecular flexibility index (Phi) is 1.60. The molecule has 0 spiro atoms. The Morgan fingerprint density at radius 2 is 2.11 bits per heavy atom. The lowest BCUT2D eigenvalue weighted by Crippen LogP contribution is -1.95. The van der Waals surface area contributed by atoms with Crippen LogP contribution in [0.4, 0.5) is 0 Å². The van der Waals surface area contributed by atoms with Gasteiger partial charge >= 0.3 is 7.82 Å². The first-order valence-electron chi connectivity index (χ1n) is 2.29. The largest absolute Gasteiger partial charge is 0.469 e. The smallest absolute Gasteiger partial charge is 0.303 e. The van der Waals surface area contributed by atoms with Crippen LogP contribution >= 0.6 is 7.82 Å². The summed E-state index contributed by atoms with van der Waals surface area (Å²) in [5, 5.41) is 0. The van der Waals surface area contributed by atoms with E-state index in [9.17, 15) is 4.57 Å². The highest BCUT2D eigenvalue weighted by atomic mass is 31.2. The quantitative estimate of drug-likeness (QED) is 0.427. The molecule has 5 heteroatoms. The molecule has 0 aromatic carbocycles. The standard InChI is InChI=1S/C4H5O4P/c5-9(6,7)8-3-4-1-2-4/h4H,3H2,(H2,5,6,7). The van der Waals surface area contributed by atoms with E-state index in [0.29, 0.717) is 0 Å². The summed E-state index contributed by atoms with van der Waals surface area (Å²) in [6.07, 6.45) is 0. The van der Waals surface area contributed by atoms with Gasteiger partial charge in [0.25, 0.3) is 0 Å². The van der Waals surface area contributed by atoms with Gasteiger partial charge < -0.3 is 9.79 Å². The van der Waals surface area contributed by atoms with Crippen LogP contribution in [0.3, 0.4) is 0 Å². The second-order valence-electron chi connectivity index (χ2n) is 1.63. The summed E-state index contributed by atoms with van der Waals surface area (Å²) in [6.45, 7) is -0.00965. The maximum atomic E-state index is 9.98. The van der Waals surface area contributed by atoms with Crippen LogP contribution in [0.15, 0.2) is 0 Å². The van der Waals surface area contributed by atoms with Gasteiger partial charge in [0.15, 0.2) is 0 Å². The fourth-order valence-electron chi connectivity index (χ4n) is 0.314. The monoisotopic (exact) mass is 148 g/mol. The lowest BCUT2D eigenvalue weighted by Gasteiger charge is -2.01. The van der Waals surface area contributed by atoms with Crippen molar-refractivity contribution < 1.29 is 18.9 Å². The molecule has 50 valence electrons. The SMILES string of the molecule is O=P(O)(O)OCC1C#C1. The van der Waals surface area contributed by atoms with Gasteiger partial charge in [0.05, 0.1) is 6.61 Å². The van der Waals surface area contributed by atoms with Crippen LogP contribution in [0.1, 0.15) is 0 Å². The molecule has 0 atom stereocenters. The van der Waals surface area contributed by atoms with Crippen molar-refractivity contribution in [3.63, 3.8) is 0 Å². The summed E-state index contributed by atoms with van der Waals surface area (Å²) < 4.78 is 14.1. The second-order valence-corrected chi connectivity index (χ2v) is 2.87. The molecule has 1 rings (SSSR count). The maximum Gasteiger partial charge on any atom is 0.469 e. The Labute approximate surface area is 52.1 Å². The van der Waals surface area contributed by atoms with Gasteiger partial charge in [0.2, 0.25) is 0 Å². The first-order valence-corrected chi connectivity index (χ1v) is 3.82. The molecule has 9 heavy (non-hydrogen) atoms. The molecule has 0 amide bonds. The Morgan fingerprint density at radius 3 is 2.44 bits per heavy atom. The molecule has 0 aromatic rings. The molecular weight excluding hydrogens is 143 g/mol. The van der Waals surface area contributed by atoms with E-state index >= 15 is 0 Å². The number of hydrogen-bond acceptors (Lipinski definition) is 2. The van der Waals surface area contributed by atoms with Crippen molar-refractivity contribution in [2.75, 3.05) is 6.61 Å². The van der Waals surface area contributed by atoms with Gasteiger partial charge in [-0.05, 0) is 0 Å². The van der Waals surface area contributed by atoms with Crippen LogP contribution in [-0.4, -0.2) is 16.4 Å². The molecule has 2 N–H and O–H groups in total. The molecular formula is C4H5O4P. The van der Waals surface area contributed by atoms with Crippen molar-refractivity contribution in [3.8, 4) is 11.8 Å². The Bertz CT molecular complexity index is 198. The zero-order chi connectivity index (χ0) is 6.91. The van der Waals surface area contributed by atoms with Crippen LogP contribution in [0, 0.1) is 17.8 Å². The Hall–Kier alpha value is -0.330. The minimum Gasteiger partial charge on any atom is -0.303 e. The van der Waals surface area contributed by atoms with Crippen LogP contribution in [0.5, 0.6) is 0 Å². The van der Waals surface area contributed by atoms with Crippen molar-refractivity contribution in [3.05, 3.63) is 0 Å². The third kappa shape index (κ3) is 3.28. The van der Waals surface area contributed by atoms with Crippen LogP contribution in [0.25, 0.3) is 0 Å². The second kappa shape index (κ2) is 2.13. The van der Waals surface area contributed by atoms with E-state index in [-0.39, 0.29) is 12.5 Å². The molecule has 0 saturated heterocycles. The van der Waals surface area contributed by atoms with Gasteiger partial charge in [-0.3, -0.25) is 4.52 Å². The summed E-state index contributed by atoms with van der Waals surface area (Å²) in [4.78, 5) is 16.3. The van der Waals surface area contributed by atoms with E-state index < -0.39 is 7.82 Å². The van der Waals surface area contributed by atoms with Crippen LogP contribution in [-0.2, 0) is 9.09 Å². The average molecular weight is 148 g/mol. The highest BCUT2D eigenvalue weighted by Gasteiger charge is 2.18. The predicted octanol–water partition coefficient (Wildman–Crippen LogP) is -0.271. The molecule has 1 aliphatic rings. The van der Waals surface area contributed by atoms with Crippen molar-refractivity contribution in [2.24, 2.45) is 5.92 Å². The highest BCUT2D eigenvalue weighted by molar-refractivity contribution is 7.46. The number of phosphoric acid groups is 1. The lowest BCUT2D eigenvalue weighted by atomic mass is 10.4. The van der Waals surface area contributed by atoms with Crippen LogP contribution < -0.4 is 0 Å². The topological polar surface area (TPSA) is 66.8 Å². The lowest BCUT2D eigenvalue weighted by molar-refractivity contribution is 0.194. The van der Waals surface area contributed by atoms with Gasteiger partial charge in [-0.1, -0.05) is 11.8 Å². The molecule has 0 bridgehead atoms.